The van der Waals surface area contributed by atoms with Gasteiger partial charge in [0.25, 0.3) is 5.56 Å². The number of ether oxygens (including phenoxy) is 1. The van der Waals surface area contributed by atoms with Crippen LogP contribution in [0.15, 0.2) is 23.0 Å². The number of halogens is 2. The maximum Gasteiger partial charge on any atom is 0.388 e. The zero-order valence-electron chi connectivity index (χ0n) is 16.0. The number of rotatable bonds is 5. The Morgan fingerprint density at radius 3 is 2.48 bits per heavy atom. The van der Waals surface area contributed by atoms with Crippen LogP contribution >= 0.6 is 0 Å². The minimum absolute atomic E-state index is 0.133. The predicted octanol–water partition coefficient (Wildman–Crippen LogP) is 3.92. The molecule has 8 heteroatoms. The number of nitrogens with zero attached hydrogens (tertiary/aromatic N) is 4. The standard InChI is InChI=1S/C19H22F2N4O2/c1-6-24-17(13-7-8-15(22-12(13)5)27-19(20)21)23-25-11(4)9-14(10(2)3)16(25)18(24)26/h7-10,19H,6H2,1-5H3. The van der Waals surface area contributed by atoms with Crippen molar-refractivity contribution in [2.75, 3.05) is 0 Å². The zero-order chi connectivity index (χ0) is 19.9. The summed E-state index contributed by atoms with van der Waals surface area (Å²) in [7, 11) is 0. The third-order valence-electron chi connectivity index (χ3n) is 4.53. The minimum Gasteiger partial charge on any atom is -0.417 e. The summed E-state index contributed by atoms with van der Waals surface area (Å²) in [5, 5.41) is 4.68. The fraction of sp³-hybridized carbons (Fsp3) is 0.421. The van der Waals surface area contributed by atoms with E-state index in [2.05, 4.69) is 14.8 Å². The van der Waals surface area contributed by atoms with Gasteiger partial charge in [0.15, 0.2) is 5.82 Å². The topological polar surface area (TPSA) is 61.4 Å². The van der Waals surface area contributed by atoms with Crippen LogP contribution in [-0.4, -0.2) is 25.8 Å². The lowest BCUT2D eigenvalue weighted by Crippen LogP contribution is -2.26. The fourth-order valence-electron chi connectivity index (χ4n) is 3.23. The van der Waals surface area contributed by atoms with Gasteiger partial charge in [0.05, 0.1) is 5.69 Å². The Morgan fingerprint density at radius 2 is 1.93 bits per heavy atom. The molecule has 3 aromatic rings. The molecule has 0 unspecified atom stereocenters. The second-order valence-corrected chi connectivity index (χ2v) is 6.69. The summed E-state index contributed by atoms with van der Waals surface area (Å²) in [6, 6.07) is 4.93. The van der Waals surface area contributed by atoms with Gasteiger partial charge in [-0.25, -0.2) is 9.50 Å². The van der Waals surface area contributed by atoms with Crippen LogP contribution in [-0.2, 0) is 6.54 Å². The first-order valence-corrected chi connectivity index (χ1v) is 8.80. The largest absolute Gasteiger partial charge is 0.417 e. The highest BCUT2D eigenvalue weighted by Crippen LogP contribution is 2.26. The number of fused-ring (bicyclic) bond motifs is 1. The van der Waals surface area contributed by atoms with Crippen LogP contribution in [0.5, 0.6) is 5.88 Å². The Balaban J connectivity index is 2.26. The van der Waals surface area contributed by atoms with E-state index in [0.717, 1.165) is 11.3 Å². The molecular formula is C19H22F2N4O2. The van der Waals surface area contributed by atoms with Gasteiger partial charge in [0.1, 0.15) is 5.52 Å². The van der Waals surface area contributed by atoms with E-state index in [9.17, 15) is 13.6 Å². The van der Waals surface area contributed by atoms with Crippen molar-refractivity contribution in [3.05, 3.63) is 45.5 Å². The average Bonchev–Trinajstić information content (AvgIpc) is 2.92. The second-order valence-electron chi connectivity index (χ2n) is 6.69. The van der Waals surface area contributed by atoms with Crippen LogP contribution < -0.4 is 10.3 Å². The number of alkyl halides is 2. The molecular weight excluding hydrogens is 354 g/mol. The number of aryl methyl sites for hydroxylation is 2. The molecule has 27 heavy (non-hydrogen) atoms. The SMILES string of the molecule is CCn1c(-c2ccc(OC(F)F)nc2C)nn2c(C)cc(C(C)C)c2c1=O. The molecule has 0 radical (unpaired) electrons. The summed E-state index contributed by atoms with van der Waals surface area (Å²) in [5.41, 5.74) is 3.29. The van der Waals surface area contributed by atoms with Crippen LogP contribution in [0.1, 0.15) is 43.6 Å². The van der Waals surface area contributed by atoms with Crippen molar-refractivity contribution in [1.29, 1.82) is 0 Å². The molecule has 3 rings (SSSR count). The monoisotopic (exact) mass is 376 g/mol. The van der Waals surface area contributed by atoms with Crippen LogP contribution in [0, 0.1) is 13.8 Å². The molecule has 0 fully saturated rings. The molecule has 3 aromatic heterocycles. The Morgan fingerprint density at radius 1 is 1.22 bits per heavy atom. The molecule has 0 saturated heterocycles. The van der Waals surface area contributed by atoms with E-state index >= 15 is 0 Å². The molecule has 0 N–H and O–H groups in total. The van der Waals surface area contributed by atoms with E-state index in [0.29, 0.717) is 29.1 Å². The molecule has 0 bridgehead atoms. The van der Waals surface area contributed by atoms with E-state index < -0.39 is 6.61 Å². The van der Waals surface area contributed by atoms with Crippen LogP contribution in [0.3, 0.4) is 0 Å². The normalized spacial score (nSPS) is 11.7. The van der Waals surface area contributed by atoms with Gasteiger partial charge in [-0.2, -0.15) is 8.78 Å². The smallest absolute Gasteiger partial charge is 0.388 e. The highest BCUT2D eigenvalue weighted by molar-refractivity contribution is 5.63. The van der Waals surface area contributed by atoms with Crippen LogP contribution in [0.25, 0.3) is 16.9 Å². The lowest BCUT2D eigenvalue weighted by molar-refractivity contribution is -0.0529. The summed E-state index contributed by atoms with van der Waals surface area (Å²) in [4.78, 5) is 17.2. The third-order valence-corrected chi connectivity index (χ3v) is 4.53. The summed E-state index contributed by atoms with van der Waals surface area (Å²) in [6.07, 6.45) is 0. The van der Waals surface area contributed by atoms with E-state index in [4.69, 9.17) is 0 Å². The highest BCUT2D eigenvalue weighted by Gasteiger charge is 2.20. The van der Waals surface area contributed by atoms with Crippen molar-refractivity contribution in [3.63, 3.8) is 0 Å². The first-order chi connectivity index (χ1) is 12.7. The second kappa shape index (κ2) is 7.09. The van der Waals surface area contributed by atoms with Crippen molar-refractivity contribution in [1.82, 2.24) is 19.2 Å². The Kier molecular flexibility index (Phi) is 4.99. The van der Waals surface area contributed by atoms with Crippen molar-refractivity contribution in [2.45, 2.75) is 53.7 Å². The first-order valence-electron chi connectivity index (χ1n) is 8.80. The summed E-state index contributed by atoms with van der Waals surface area (Å²) >= 11 is 0. The van der Waals surface area contributed by atoms with Gasteiger partial charge in [-0.1, -0.05) is 13.8 Å². The van der Waals surface area contributed by atoms with Crippen LogP contribution in [0.2, 0.25) is 0 Å². The van der Waals surface area contributed by atoms with Gasteiger partial charge in [-0.15, -0.1) is 5.10 Å². The van der Waals surface area contributed by atoms with E-state index in [1.54, 1.807) is 22.1 Å². The lowest BCUT2D eigenvalue weighted by atomic mass is 10.1. The van der Waals surface area contributed by atoms with Crippen molar-refractivity contribution in [3.8, 4) is 17.3 Å². The molecule has 0 aliphatic carbocycles. The first kappa shape index (κ1) is 19.0. The van der Waals surface area contributed by atoms with Gasteiger partial charge in [-0.3, -0.25) is 9.36 Å². The molecule has 0 saturated carbocycles. The number of pyridine rings is 1. The highest BCUT2D eigenvalue weighted by atomic mass is 19.3. The molecule has 0 aromatic carbocycles. The average molecular weight is 376 g/mol. The molecule has 0 aliphatic heterocycles. The third kappa shape index (κ3) is 3.31. The summed E-state index contributed by atoms with van der Waals surface area (Å²) < 4.78 is 32.4. The van der Waals surface area contributed by atoms with Crippen molar-refractivity contribution >= 4 is 5.52 Å². The summed E-state index contributed by atoms with van der Waals surface area (Å²) in [5.74, 6) is 0.461. The Hall–Kier alpha value is -2.77. The van der Waals surface area contributed by atoms with Gasteiger partial charge >= 0.3 is 6.61 Å². The molecule has 0 atom stereocenters. The zero-order valence-corrected chi connectivity index (χ0v) is 16.0. The fourth-order valence-corrected chi connectivity index (χ4v) is 3.23. The van der Waals surface area contributed by atoms with E-state index in [-0.39, 0.29) is 17.4 Å². The molecule has 6 nitrogen and oxygen atoms in total. The molecule has 0 aliphatic rings. The maximum atomic E-state index is 13.2. The number of aromatic nitrogens is 4. The van der Waals surface area contributed by atoms with Gasteiger partial charge in [0.2, 0.25) is 5.88 Å². The van der Waals surface area contributed by atoms with Gasteiger partial charge in [0, 0.05) is 23.9 Å². The lowest BCUT2D eigenvalue weighted by Gasteiger charge is -2.14. The quantitative estimate of drug-likeness (QED) is 0.677. The van der Waals surface area contributed by atoms with Crippen LogP contribution in [0.4, 0.5) is 8.78 Å². The molecule has 3 heterocycles. The van der Waals surface area contributed by atoms with Crippen molar-refractivity contribution in [2.24, 2.45) is 0 Å². The number of hydrogen-bond acceptors (Lipinski definition) is 4. The molecule has 144 valence electrons. The number of hydrogen-bond donors (Lipinski definition) is 0. The van der Waals surface area contributed by atoms with E-state index in [1.165, 1.54) is 6.07 Å². The maximum absolute atomic E-state index is 13.2. The molecule has 0 amide bonds. The van der Waals surface area contributed by atoms with Crippen molar-refractivity contribution < 1.29 is 13.5 Å². The molecule has 0 spiro atoms. The summed E-state index contributed by atoms with van der Waals surface area (Å²) in [6.45, 7) is 6.99. The predicted molar refractivity (Wildman–Crippen MR) is 98.6 cm³/mol. The Bertz CT molecular complexity index is 1050. The van der Waals surface area contributed by atoms with Gasteiger partial charge < -0.3 is 4.74 Å². The minimum atomic E-state index is -2.94. The van der Waals surface area contributed by atoms with E-state index in [1.807, 2.05) is 33.8 Å². The Labute approximate surface area is 155 Å². The van der Waals surface area contributed by atoms with Gasteiger partial charge in [-0.05, 0) is 44.4 Å².